The number of rotatable bonds is 4. The molecular weight excluding hydrogens is 140 g/mol. The second-order valence-corrected chi connectivity index (χ2v) is 0.827. The predicted octanol–water partition coefficient (Wildman–Crippen LogP) is -5.33. The Bertz CT molecular complexity index is 21.0. The van der Waals surface area contributed by atoms with Crippen molar-refractivity contribution in [1.82, 2.24) is 33.2 Å². The van der Waals surface area contributed by atoms with Crippen LogP contribution in [-0.2, 0) is 0 Å². The lowest BCUT2D eigenvalue weighted by Crippen LogP contribution is -2.50. The molecule has 0 bridgehead atoms. The number of hydrogen-bond donors (Lipinski definition) is 10. The van der Waals surface area contributed by atoms with Gasteiger partial charge < -0.3 is 0 Å². The van der Waals surface area contributed by atoms with Crippen LogP contribution in [0.3, 0.4) is 0 Å². The van der Waals surface area contributed by atoms with Crippen molar-refractivity contribution in [2.24, 2.45) is 23.4 Å². The third-order valence-corrected chi connectivity index (χ3v) is 0.289. The first-order chi connectivity index (χ1) is 4.83. The van der Waals surface area contributed by atoms with Gasteiger partial charge in [-0.2, -0.15) is 33.2 Å². The Morgan fingerprint density at radius 3 is 0.700 bits per heavy atom. The lowest BCUT2D eigenvalue weighted by molar-refractivity contribution is 0.456. The topological polar surface area (TPSA) is 176 Å². The highest BCUT2D eigenvalue weighted by molar-refractivity contribution is 3.93. The van der Waals surface area contributed by atoms with Crippen molar-refractivity contribution >= 4 is 0 Å². The van der Waals surface area contributed by atoms with Gasteiger partial charge in [-0.25, -0.2) is 0 Å². The van der Waals surface area contributed by atoms with Crippen molar-refractivity contribution in [2.75, 3.05) is 0 Å². The summed E-state index contributed by atoms with van der Waals surface area (Å²) >= 11 is 0. The van der Waals surface area contributed by atoms with Crippen molar-refractivity contribution in [3.8, 4) is 0 Å². The van der Waals surface area contributed by atoms with E-state index in [0.29, 0.717) is 0 Å². The SMILES string of the molecule is NNNNN.NNNNN. The maximum Gasteiger partial charge on any atom is -0.167 e. The van der Waals surface area contributed by atoms with Crippen LogP contribution in [0.5, 0.6) is 0 Å². The van der Waals surface area contributed by atoms with Crippen molar-refractivity contribution in [1.29, 1.82) is 0 Å². The molecule has 0 aromatic carbocycles. The first-order valence-corrected chi connectivity index (χ1v) is 2.15. The van der Waals surface area contributed by atoms with Gasteiger partial charge in [0.1, 0.15) is 0 Å². The summed E-state index contributed by atoms with van der Waals surface area (Å²) in [4.78, 5) is 0. The van der Waals surface area contributed by atoms with Crippen LogP contribution in [0.4, 0.5) is 0 Å². The molecule has 10 heavy (non-hydrogen) atoms. The molecular formula is H14N10. The van der Waals surface area contributed by atoms with Crippen molar-refractivity contribution in [2.45, 2.75) is 0 Å². The zero-order valence-corrected chi connectivity index (χ0v) is 5.31. The van der Waals surface area contributed by atoms with Gasteiger partial charge >= 0.3 is 0 Å². The Balaban J connectivity index is 0. The molecule has 0 aliphatic carbocycles. The number of nitrogens with two attached hydrogens (primary N) is 4. The van der Waals surface area contributed by atoms with Crippen LogP contribution in [0, 0.1) is 0 Å². The maximum absolute atomic E-state index is 4.64. The van der Waals surface area contributed by atoms with Crippen LogP contribution in [-0.4, -0.2) is 0 Å². The summed E-state index contributed by atoms with van der Waals surface area (Å²) in [6.45, 7) is 0. The van der Waals surface area contributed by atoms with Gasteiger partial charge in [-0.05, 0) is 0 Å². The molecule has 0 atom stereocenters. The molecule has 10 heteroatoms. The fourth-order valence-corrected chi connectivity index (χ4v) is 0.0833. The van der Waals surface area contributed by atoms with Crippen LogP contribution in [0.15, 0.2) is 0 Å². The Morgan fingerprint density at radius 2 is 0.700 bits per heavy atom. The van der Waals surface area contributed by atoms with E-state index in [1.807, 2.05) is 22.1 Å². The molecule has 0 aliphatic rings. The largest absolute Gasteiger partial charge is 0.257 e. The molecule has 0 aromatic rings. The van der Waals surface area contributed by atoms with E-state index in [2.05, 4.69) is 34.4 Å². The normalized spacial score (nSPS) is 8.40. The molecule has 14 N–H and O–H groups in total. The van der Waals surface area contributed by atoms with E-state index in [4.69, 9.17) is 0 Å². The van der Waals surface area contributed by atoms with E-state index >= 15 is 0 Å². The molecule has 0 saturated carbocycles. The van der Waals surface area contributed by atoms with Crippen LogP contribution >= 0.6 is 0 Å². The molecule has 0 fully saturated rings. The second-order valence-electron chi connectivity index (χ2n) is 0.827. The summed E-state index contributed by atoms with van der Waals surface area (Å²) in [5.74, 6) is 18.5. The fraction of sp³-hybridized carbons (Fsp3) is 0. The van der Waals surface area contributed by atoms with Crippen molar-refractivity contribution in [3.05, 3.63) is 0 Å². The van der Waals surface area contributed by atoms with E-state index in [1.54, 1.807) is 0 Å². The van der Waals surface area contributed by atoms with Crippen LogP contribution in [0.25, 0.3) is 0 Å². The van der Waals surface area contributed by atoms with Crippen LogP contribution in [0.1, 0.15) is 0 Å². The third kappa shape index (κ3) is 25.5. The quantitative estimate of drug-likeness (QED) is 0.139. The highest BCUT2D eigenvalue weighted by Gasteiger charge is 1.55. The Morgan fingerprint density at radius 1 is 0.500 bits per heavy atom. The van der Waals surface area contributed by atoms with E-state index in [0.717, 1.165) is 0 Å². The smallest absolute Gasteiger partial charge is 0.167 e. The Labute approximate surface area is 57.8 Å². The number of hydrogen-bond acceptors (Lipinski definition) is 10. The molecule has 0 saturated heterocycles. The van der Waals surface area contributed by atoms with Gasteiger partial charge in [-0.1, -0.05) is 0 Å². The average molecular weight is 154 g/mol. The lowest BCUT2D eigenvalue weighted by Gasteiger charge is -1.92. The zero-order valence-electron chi connectivity index (χ0n) is 5.31. The maximum atomic E-state index is 4.64. The van der Waals surface area contributed by atoms with Gasteiger partial charge in [0.15, 0.2) is 0 Å². The molecule has 0 amide bonds. The van der Waals surface area contributed by atoms with Crippen LogP contribution < -0.4 is 56.6 Å². The molecule has 0 heterocycles. The molecule has 10 nitrogen and oxygen atoms in total. The van der Waals surface area contributed by atoms with Gasteiger partial charge in [-0.15, -0.1) is 0 Å². The minimum Gasteiger partial charge on any atom is -0.257 e. The highest BCUT2D eigenvalue weighted by Crippen LogP contribution is 0.983. The summed E-state index contributed by atoms with van der Waals surface area (Å²) in [5, 5.41) is 0. The van der Waals surface area contributed by atoms with E-state index in [1.165, 1.54) is 0 Å². The van der Waals surface area contributed by atoms with Gasteiger partial charge in [0, 0.05) is 0 Å². The minimum atomic E-state index is 2.03. The molecule has 0 unspecified atom stereocenters. The van der Waals surface area contributed by atoms with E-state index in [9.17, 15) is 0 Å². The summed E-state index contributed by atoms with van der Waals surface area (Å²) in [7, 11) is 0. The van der Waals surface area contributed by atoms with Gasteiger partial charge in [0.05, 0.1) is 0 Å². The number of hydrazine groups is 8. The van der Waals surface area contributed by atoms with Gasteiger partial charge in [-0.3, -0.25) is 23.4 Å². The summed E-state index contributed by atoms with van der Waals surface area (Å²) in [6.07, 6.45) is 0. The average Bonchev–Trinajstić information content (AvgIpc) is 1.93. The molecule has 0 rings (SSSR count). The predicted molar refractivity (Wildman–Crippen MR) is 35.6 cm³/mol. The number of nitrogens with one attached hydrogen (secondary N) is 6. The standard InChI is InChI=1S/2H7N5/c2*1-3-5-4-2/h2*3-5H,1-2H2. The third-order valence-electron chi connectivity index (χ3n) is 0.289. The molecule has 64 valence electrons. The second kappa shape index (κ2) is 15.8. The summed E-state index contributed by atoms with van der Waals surface area (Å²) in [5.41, 5.74) is 12.5. The summed E-state index contributed by atoms with van der Waals surface area (Å²) in [6, 6.07) is 0. The van der Waals surface area contributed by atoms with Gasteiger partial charge in [0.25, 0.3) is 0 Å². The first kappa shape index (κ1) is 12.3. The molecule has 0 spiro atoms. The Hall–Kier alpha value is -0.400. The monoisotopic (exact) mass is 154 g/mol. The highest BCUT2D eigenvalue weighted by atomic mass is 15.7. The molecule has 0 aromatic heterocycles. The first-order valence-electron chi connectivity index (χ1n) is 2.15. The van der Waals surface area contributed by atoms with Gasteiger partial charge in [0.2, 0.25) is 0 Å². The van der Waals surface area contributed by atoms with Crippen molar-refractivity contribution < 1.29 is 0 Å². The summed E-state index contributed by atoms with van der Waals surface area (Å²) < 4.78 is 0. The van der Waals surface area contributed by atoms with E-state index < -0.39 is 0 Å². The fourth-order valence-electron chi connectivity index (χ4n) is 0.0833. The Kier molecular flexibility index (Phi) is 19.5. The minimum absolute atomic E-state index is 2.03. The molecule has 0 aliphatic heterocycles. The zero-order chi connectivity index (χ0) is 8.24. The molecule has 0 radical (unpaired) electrons. The lowest BCUT2D eigenvalue weighted by atomic mass is 12.3. The van der Waals surface area contributed by atoms with Crippen LogP contribution in [0.2, 0.25) is 0 Å². The van der Waals surface area contributed by atoms with E-state index in [-0.39, 0.29) is 0 Å². The van der Waals surface area contributed by atoms with Crippen molar-refractivity contribution in [3.63, 3.8) is 0 Å².